The van der Waals surface area contributed by atoms with Gasteiger partial charge in [-0.25, -0.2) is 0 Å². The van der Waals surface area contributed by atoms with Crippen LogP contribution >= 0.6 is 0 Å². The second-order valence-electron chi connectivity index (χ2n) is 3.92. The molecule has 0 radical (unpaired) electrons. The first kappa shape index (κ1) is 11.9. The first-order chi connectivity index (χ1) is 7.22. The fraction of sp³-hybridized carbons (Fsp3) is 0.500. The third-order valence-electron chi connectivity index (χ3n) is 2.42. The minimum Gasteiger partial charge on any atom is -0.330 e. The lowest BCUT2D eigenvalue weighted by Gasteiger charge is -2.06. The van der Waals surface area contributed by atoms with Crippen LogP contribution < -0.4 is 5.73 Å². The Labute approximate surface area is 90.7 Å². The maximum absolute atomic E-state index is 11.6. The number of carbonyl (C=O) groups is 1. The van der Waals surface area contributed by atoms with Crippen LogP contribution in [0.3, 0.4) is 0 Å². The largest absolute Gasteiger partial charge is 0.330 e. The maximum Gasteiger partial charge on any atom is 0.138 e. The molecule has 0 amide bonds. The van der Waals surface area contributed by atoms with Gasteiger partial charge in [0.2, 0.25) is 0 Å². The van der Waals surface area contributed by atoms with E-state index >= 15 is 0 Å². The second-order valence-corrected chi connectivity index (χ2v) is 3.92. The van der Waals surface area contributed by atoms with E-state index in [-0.39, 0.29) is 5.78 Å². The lowest BCUT2D eigenvalue weighted by molar-refractivity contribution is -0.118. The van der Waals surface area contributed by atoms with E-state index in [1.54, 1.807) is 6.20 Å². The molecule has 0 saturated heterocycles. The Balaban J connectivity index is 2.31. The molecule has 0 aromatic carbocycles. The van der Waals surface area contributed by atoms with Gasteiger partial charge < -0.3 is 5.73 Å². The van der Waals surface area contributed by atoms with Crippen molar-refractivity contribution < 1.29 is 4.79 Å². The van der Waals surface area contributed by atoms with Gasteiger partial charge in [-0.15, -0.1) is 0 Å². The maximum atomic E-state index is 11.6. The highest BCUT2D eigenvalue weighted by Crippen LogP contribution is 2.06. The van der Waals surface area contributed by atoms with E-state index in [9.17, 15) is 4.79 Å². The van der Waals surface area contributed by atoms with Crippen LogP contribution in [0.15, 0.2) is 24.4 Å². The Morgan fingerprint density at radius 2 is 2.33 bits per heavy atom. The fourth-order valence-electron chi connectivity index (χ4n) is 1.32. The standard InChI is InChI=1S/C12H18N2O/c1-10(9-13)5-6-12(15)8-11-4-2-3-7-14-11/h2-4,7,10H,5-6,8-9,13H2,1H3. The minimum absolute atomic E-state index is 0.244. The first-order valence-electron chi connectivity index (χ1n) is 5.34. The van der Waals surface area contributed by atoms with Gasteiger partial charge in [-0.2, -0.15) is 0 Å². The van der Waals surface area contributed by atoms with Gasteiger partial charge >= 0.3 is 0 Å². The van der Waals surface area contributed by atoms with Crippen LogP contribution in [0.1, 0.15) is 25.5 Å². The van der Waals surface area contributed by atoms with Crippen molar-refractivity contribution in [2.24, 2.45) is 11.7 Å². The highest BCUT2D eigenvalue weighted by Gasteiger charge is 2.06. The Morgan fingerprint density at radius 3 is 2.93 bits per heavy atom. The smallest absolute Gasteiger partial charge is 0.138 e. The zero-order valence-corrected chi connectivity index (χ0v) is 9.15. The normalized spacial score (nSPS) is 12.4. The summed E-state index contributed by atoms with van der Waals surface area (Å²) in [6.07, 6.45) is 3.64. The number of aromatic nitrogens is 1. The zero-order chi connectivity index (χ0) is 11.1. The number of nitrogens with zero attached hydrogens (tertiary/aromatic N) is 1. The van der Waals surface area contributed by atoms with E-state index < -0.39 is 0 Å². The van der Waals surface area contributed by atoms with Gasteiger partial charge in [0.1, 0.15) is 5.78 Å². The van der Waals surface area contributed by atoms with Crippen LogP contribution in [0.25, 0.3) is 0 Å². The van der Waals surface area contributed by atoms with Gasteiger partial charge in [0.15, 0.2) is 0 Å². The predicted molar refractivity (Wildman–Crippen MR) is 60.4 cm³/mol. The van der Waals surface area contributed by atoms with Crippen LogP contribution in [0.2, 0.25) is 0 Å². The quantitative estimate of drug-likeness (QED) is 0.768. The number of Topliss-reactive ketones (excluding diaryl/α,β-unsaturated/α-hetero) is 1. The summed E-state index contributed by atoms with van der Waals surface area (Å²) in [4.78, 5) is 15.7. The van der Waals surface area contributed by atoms with E-state index in [0.717, 1.165) is 12.1 Å². The Morgan fingerprint density at radius 1 is 1.53 bits per heavy atom. The van der Waals surface area contributed by atoms with E-state index in [4.69, 9.17) is 5.73 Å². The number of hydrogen-bond acceptors (Lipinski definition) is 3. The molecule has 1 atom stereocenters. The third-order valence-corrected chi connectivity index (χ3v) is 2.42. The highest BCUT2D eigenvalue weighted by molar-refractivity contribution is 5.80. The molecule has 3 nitrogen and oxygen atoms in total. The van der Waals surface area contributed by atoms with Crippen molar-refractivity contribution >= 4 is 5.78 Å². The molecule has 15 heavy (non-hydrogen) atoms. The molecule has 1 aromatic rings. The Hall–Kier alpha value is -1.22. The van der Waals surface area contributed by atoms with Crippen LogP contribution in [0.4, 0.5) is 0 Å². The van der Waals surface area contributed by atoms with E-state index in [1.807, 2.05) is 18.2 Å². The van der Waals surface area contributed by atoms with E-state index in [2.05, 4.69) is 11.9 Å². The summed E-state index contributed by atoms with van der Waals surface area (Å²) in [6.45, 7) is 2.71. The van der Waals surface area contributed by atoms with Crippen molar-refractivity contribution in [3.8, 4) is 0 Å². The average Bonchev–Trinajstić information content (AvgIpc) is 2.27. The average molecular weight is 206 g/mol. The monoisotopic (exact) mass is 206 g/mol. The summed E-state index contributed by atoms with van der Waals surface area (Å²) in [5.41, 5.74) is 6.34. The van der Waals surface area contributed by atoms with Crippen LogP contribution in [0, 0.1) is 5.92 Å². The molecule has 0 aliphatic carbocycles. The number of rotatable bonds is 6. The molecular weight excluding hydrogens is 188 g/mol. The molecule has 1 heterocycles. The minimum atomic E-state index is 0.244. The van der Waals surface area contributed by atoms with Gasteiger partial charge in [-0.05, 0) is 31.0 Å². The molecule has 1 unspecified atom stereocenters. The molecule has 0 fully saturated rings. The molecule has 0 spiro atoms. The summed E-state index contributed by atoms with van der Waals surface area (Å²) < 4.78 is 0. The highest BCUT2D eigenvalue weighted by atomic mass is 16.1. The molecule has 0 aliphatic rings. The summed E-state index contributed by atoms with van der Waals surface area (Å²) in [5, 5.41) is 0. The van der Waals surface area contributed by atoms with Crippen molar-refractivity contribution in [2.45, 2.75) is 26.2 Å². The van der Waals surface area contributed by atoms with Gasteiger partial charge in [-0.1, -0.05) is 13.0 Å². The van der Waals surface area contributed by atoms with Gasteiger partial charge in [0.25, 0.3) is 0 Å². The predicted octanol–water partition coefficient (Wildman–Crippen LogP) is 1.57. The molecule has 82 valence electrons. The number of ketones is 1. The SMILES string of the molecule is CC(CN)CCC(=O)Cc1ccccn1. The molecule has 1 aromatic heterocycles. The van der Waals surface area contributed by atoms with Crippen molar-refractivity contribution in [1.82, 2.24) is 4.98 Å². The van der Waals surface area contributed by atoms with Crippen LogP contribution in [0.5, 0.6) is 0 Å². The molecular formula is C12H18N2O. The molecule has 0 bridgehead atoms. The third kappa shape index (κ3) is 4.70. The Kier molecular flexibility index (Phi) is 4.98. The van der Waals surface area contributed by atoms with E-state index in [0.29, 0.717) is 25.3 Å². The topological polar surface area (TPSA) is 56.0 Å². The lowest BCUT2D eigenvalue weighted by Crippen LogP contribution is -2.13. The molecule has 1 rings (SSSR count). The van der Waals surface area contributed by atoms with Crippen molar-refractivity contribution in [2.75, 3.05) is 6.54 Å². The molecule has 0 aliphatic heterocycles. The van der Waals surface area contributed by atoms with Gasteiger partial charge in [0.05, 0.1) is 0 Å². The van der Waals surface area contributed by atoms with Crippen LogP contribution in [-0.2, 0) is 11.2 Å². The van der Waals surface area contributed by atoms with Gasteiger partial charge in [0, 0.05) is 24.7 Å². The summed E-state index contributed by atoms with van der Waals surface area (Å²) in [7, 11) is 0. The summed E-state index contributed by atoms with van der Waals surface area (Å²) >= 11 is 0. The van der Waals surface area contributed by atoms with Gasteiger partial charge in [-0.3, -0.25) is 9.78 Å². The van der Waals surface area contributed by atoms with Crippen molar-refractivity contribution in [1.29, 1.82) is 0 Å². The summed E-state index contributed by atoms with van der Waals surface area (Å²) in [5.74, 6) is 0.673. The second kappa shape index (κ2) is 6.30. The molecule has 0 saturated carbocycles. The van der Waals surface area contributed by atoms with E-state index in [1.165, 1.54) is 0 Å². The number of pyridine rings is 1. The zero-order valence-electron chi connectivity index (χ0n) is 9.15. The fourth-order valence-corrected chi connectivity index (χ4v) is 1.32. The first-order valence-corrected chi connectivity index (χ1v) is 5.34. The Bertz CT molecular complexity index is 298. The summed E-state index contributed by atoms with van der Waals surface area (Å²) in [6, 6.07) is 5.63. The van der Waals surface area contributed by atoms with Crippen molar-refractivity contribution in [3.05, 3.63) is 30.1 Å². The van der Waals surface area contributed by atoms with Crippen molar-refractivity contribution in [3.63, 3.8) is 0 Å². The number of carbonyl (C=O) groups excluding carboxylic acids is 1. The molecule has 3 heteroatoms. The number of hydrogen-bond donors (Lipinski definition) is 1. The lowest BCUT2D eigenvalue weighted by atomic mass is 10.0. The number of nitrogens with two attached hydrogens (primary N) is 1. The van der Waals surface area contributed by atoms with Crippen LogP contribution in [-0.4, -0.2) is 17.3 Å². The molecule has 2 N–H and O–H groups in total.